The number of aryl methyl sites for hydroxylation is 2. The molecule has 0 amide bonds. The molecule has 0 atom stereocenters. The van der Waals surface area contributed by atoms with Crippen molar-refractivity contribution in [2.75, 3.05) is 5.88 Å². The molecule has 0 N–H and O–H groups in total. The van der Waals surface area contributed by atoms with Crippen molar-refractivity contribution in [3.8, 4) is 11.8 Å². The van der Waals surface area contributed by atoms with Gasteiger partial charge in [-0.3, -0.25) is 4.68 Å². The number of nitrogens with zero attached hydrogens (tertiary/aromatic N) is 2. The Balaban J connectivity index is 2.62. The van der Waals surface area contributed by atoms with Gasteiger partial charge in [0.1, 0.15) is 0 Å². The molecule has 15 heavy (non-hydrogen) atoms. The van der Waals surface area contributed by atoms with E-state index in [-0.39, 0.29) is 0 Å². The summed E-state index contributed by atoms with van der Waals surface area (Å²) in [6.07, 6.45) is 4.94. The molecule has 1 aromatic heterocycles. The highest BCUT2D eigenvalue weighted by atomic mass is 35.5. The van der Waals surface area contributed by atoms with Crippen LogP contribution in [0.25, 0.3) is 0 Å². The van der Waals surface area contributed by atoms with E-state index in [1.165, 1.54) is 0 Å². The summed E-state index contributed by atoms with van der Waals surface area (Å²) in [5, 5.41) is 4.39. The van der Waals surface area contributed by atoms with Gasteiger partial charge in [-0.25, -0.2) is 0 Å². The van der Waals surface area contributed by atoms with Crippen LogP contribution in [0.4, 0.5) is 0 Å². The number of unbranched alkanes of at least 4 members (excludes halogenated alkanes) is 1. The van der Waals surface area contributed by atoms with E-state index < -0.39 is 0 Å². The molecule has 1 aromatic rings. The molecular weight excluding hydrogens is 208 g/mol. The SMILES string of the molecule is CCCn1cc(C#CCCCCl)c(C)n1. The van der Waals surface area contributed by atoms with E-state index in [1.54, 1.807) is 0 Å². The van der Waals surface area contributed by atoms with Gasteiger partial charge in [0.15, 0.2) is 0 Å². The number of hydrogen-bond acceptors (Lipinski definition) is 1. The zero-order valence-electron chi connectivity index (χ0n) is 9.39. The molecule has 0 aliphatic rings. The first kappa shape index (κ1) is 12.1. The molecule has 0 saturated carbocycles. The predicted molar refractivity (Wildman–Crippen MR) is 64.1 cm³/mol. The molecule has 0 bridgehead atoms. The Morgan fingerprint density at radius 3 is 3.00 bits per heavy atom. The van der Waals surface area contributed by atoms with Crippen LogP contribution in [0.3, 0.4) is 0 Å². The van der Waals surface area contributed by atoms with Gasteiger partial charge in [0.2, 0.25) is 0 Å². The highest BCUT2D eigenvalue weighted by Gasteiger charge is 2.00. The Kier molecular flexibility index (Phi) is 5.28. The summed E-state index contributed by atoms with van der Waals surface area (Å²) in [6, 6.07) is 0. The number of halogens is 1. The van der Waals surface area contributed by atoms with Crippen LogP contribution in [-0.4, -0.2) is 15.7 Å². The van der Waals surface area contributed by atoms with Crippen molar-refractivity contribution in [3.05, 3.63) is 17.5 Å². The van der Waals surface area contributed by atoms with Gasteiger partial charge in [-0.15, -0.1) is 11.6 Å². The van der Waals surface area contributed by atoms with Gasteiger partial charge in [0.25, 0.3) is 0 Å². The van der Waals surface area contributed by atoms with E-state index in [4.69, 9.17) is 11.6 Å². The third kappa shape index (κ3) is 3.97. The third-order valence-electron chi connectivity index (χ3n) is 2.06. The van der Waals surface area contributed by atoms with Crippen LogP contribution in [0.15, 0.2) is 6.20 Å². The summed E-state index contributed by atoms with van der Waals surface area (Å²) < 4.78 is 1.96. The Hall–Kier alpha value is -0.940. The zero-order valence-corrected chi connectivity index (χ0v) is 10.1. The van der Waals surface area contributed by atoms with Crippen LogP contribution in [-0.2, 0) is 6.54 Å². The molecule has 0 radical (unpaired) electrons. The third-order valence-corrected chi connectivity index (χ3v) is 2.32. The van der Waals surface area contributed by atoms with Crippen molar-refractivity contribution in [2.45, 2.75) is 39.7 Å². The minimum atomic E-state index is 0.683. The lowest BCUT2D eigenvalue weighted by molar-refractivity contribution is 0.598. The number of aromatic nitrogens is 2. The fraction of sp³-hybridized carbons (Fsp3) is 0.583. The van der Waals surface area contributed by atoms with Gasteiger partial charge in [-0.05, 0) is 19.8 Å². The van der Waals surface area contributed by atoms with Crippen molar-refractivity contribution in [3.63, 3.8) is 0 Å². The minimum absolute atomic E-state index is 0.683. The van der Waals surface area contributed by atoms with Crippen LogP contribution in [0.2, 0.25) is 0 Å². The zero-order chi connectivity index (χ0) is 11.1. The molecule has 0 spiro atoms. The van der Waals surface area contributed by atoms with Crippen molar-refractivity contribution in [1.29, 1.82) is 0 Å². The van der Waals surface area contributed by atoms with Crippen molar-refractivity contribution in [1.82, 2.24) is 9.78 Å². The number of hydrogen-bond donors (Lipinski definition) is 0. The van der Waals surface area contributed by atoms with Gasteiger partial charge in [-0.1, -0.05) is 18.8 Å². The maximum atomic E-state index is 5.58. The maximum absolute atomic E-state index is 5.58. The topological polar surface area (TPSA) is 17.8 Å². The lowest BCUT2D eigenvalue weighted by Gasteiger charge is -1.93. The predicted octanol–water partition coefficient (Wildman–Crippen LogP) is 2.97. The average molecular weight is 225 g/mol. The average Bonchev–Trinajstić information content (AvgIpc) is 2.55. The fourth-order valence-corrected chi connectivity index (χ4v) is 1.43. The van der Waals surface area contributed by atoms with Gasteiger partial charge in [0, 0.05) is 25.0 Å². The molecule has 0 saturated heterocycles. The highest BCUT2D eigenvalue weighted by molar-refractivity contribution is 6.17. The van der Waals surface area contributed by atoms with Crippen LogP contribution < -0.4 is 0 Å². The molecule has 0 aromatic carbocycles. The first-order valence-electron chi connectivity index (χ1n) is 5.36. The summed E-state index contributed by atoms with van der Waals surface area (Å²) in [7, 11) is 0. The van der Waals surface area contributed by atoms with Crippen LogP contribution in [0.5, 0.6) is 0 Å². The lowest BCUT2D eigenvalue weighted by Crippen LogP contribution is -1.96. The molecule has 3 heteroatoms. The molecule has 0 aliphatic carbocycles. The van der Waals surface area contributed by atoms with Crippen LogP contribution >= 0.6 is 11.6 Å². The summed E-state index contributed by atoms with van der Waals surface area (Å²) in [6.45, 7) is 5.10. The number of alkyl halides is 1. The molecule has 82 valence electrons. The van der Waals surface area contributed by atoms with E-state index in [2.05, 4.69) is 23.9 Å². The van der Waals surface area contributed by atoms with Gasteiger partial charge >= 0.3 is 0 Å². The van der Waals surface area contributed by atoms with E-state index in [1.807, 2.05) is 17.8 Å². The van der Waals surface area contributed by atoms with Crippen LogP contribution in [0, 0.1) is 18.8 Å². The number of rotatable bonds is 4. The summed E-state index contributed by atoms with van der Waals surface area (Å²) in [5.74, 6) is 6.93. The molecule has 1 rings (SSSR count). The second kappa shape index (κ2) is 6.53. The Bertz CT molecular complexity index is 357. The molecule has 0 aliphatic heterocycles. The molecule has 1 heterocycles. The maximum Gasteiger partial charge on any atom is 0.0750 e. The van der Waals surface area contributed by atoms with E-state index in [9.17, 15) is 0 Å². The van der Waals surface area contributed by atoms with Gasteiger partial charge in [-0.2, -0.15) is 5.10 Å². The van der Waals surface area contributed by atoms with Crippen molar-refractivity contribution >= 4 is 11.6 Å². The normalized spacial score (nSPS) is 9.80. The first-order valence-corrected chi connectivity index (χ1v) is 5.90. The van der Waals surface area contributed by atoms with Gasteiger partial charge in [0.05, 0.1) is 11.3 Å². The van der Waals surface area contributed by atoms with Crippen LogP contribution in [0.1, 0.15) is 37.4 Å². The quantitative estimate of drug-likeness (QED) is 0.437. The second-order valence-electron chi connectivity index (χ2n) is 3.49. The Morgan fingerprint density at radius 2 is 2.33 bits per heavy atom. The minimum Gasteiger partial charge on any atom is -0.271 e. The summed E-state index contributed by atoms with van der Waals surface area (Å²) in [4.78, 5) is 0. The monoisotopic (exact) mass is 224 g/mol. The second-order valence-corrected chi connectivity index (χ2v) is 3.86. The molecule has 0 unspecified atom stereocenters. The molecular formula is C12H17ClN2. The van der Waals surface area contributed by atoms with Gasteiger partial charge < -0.3 is 0 Å². The van der Waals surface area contributed by atoms with Crippen molar-refractivity contribution in [2.24, 2.45) is 0 Å². The van der Waals surface area contributed by atoms with E-state index in [0.29, 0.717) is 5.88 Å². The Labute approximate surface area is 96.6 Å². The summed E-state index contributed by atoms with van der Waals surface area (Å²) in [5.41, 5.74) is 2.06. The standard InChI is InChI=1S/C12H17ClN2/c1-3-9-15-10-12(11(2)14-15)7-5-4-6-8-13/h10H,3-4,6,8-9H2,1-2H3. The first-order chi connectivity index (χ1) is 7.27. The van der Waals surface area contributed by atoms with E-state index >= 15 is 0 Å². The van der Waals surface area contributed by atoms with E-state index in [0.717, 1.165) is 37.1 Å². The fourth-order valence-electron chi connectivity index (χ4n) is 1.30. The Morgan fingerprint density at radius 1 is 1.53 bits per heavy atom. The molecule has 0 fully saturated rings. The smallest absolute Gasteiger partial charge is 0.0750 e. The molecule has 2 nitrogen and oxygen atoms in total. The largest absolute Gasteiger partial charge is 0.271 e. The summed E-state index contributed by atoms with van der Waals surface area (Å²) >= 11 is 5.58. The van der Waals surface area contributed by atoms with Crippen molar-refractivity contribution < 1.29 is 0 Å². The lowest BCUT2D eigenvalue weighted by atomic mass is 10.2. The highest BCUT2D eigenvalue weighted by Crippen LogP contribution is 2.04.